The summed E-state index contributed by atoms with van der Waals surface area (Å²) in [6.07, 6.45) is 0.348. The number of nitrogens with one attached hydrogen (secondary N) is 3. The maximum absolute atomic E-state index is 12.0. The number of ether oxygens (including phenoxy) is 2. The predicted molar refractivity (Wildman–Crippen MR) is 75.8 cm³/mol. The Morgan fingerprint density at radius 2 is 2.05 bits per heavy atom. The fraction of sp³-hybridized carbons (Fsp3) is 0.714. The molecule has 0 unspecified atom stereocenters. The van der Waals surface area contributed by atoms with Crippen LogP contribution >= 0.6 is 0 Å². The minimum absolute atomic E-state index is 0.174. The van der Waals surface area contributed by atoms with Crippen molar-refractivity contribution in [2.45, 2.75) is 33.0 Å². The summed E-state index contributed by atoms with van der Waals surface area (Å²) >= 11 is 0. The van der Waals surface area contributed by atoms with Crippen molar-refractivity contribution in [3.8, 4) is 0 Å². The molecule has 2 rings (SSSR count). The molecular weight excluding hydrogens is 274 g/mol. The highest BCUT2D eigenvalue weighted by Gasteiger charge is 2.30. The number of carbonyl (C=O) groups excluding carboxylic acids is 2. The Balaban J connectivity index is 2.11. The summed E-state index contributed by atoms with van der Waals surface area (Å²) in [5, 5.41) is 5.36. The fourth-order valence-corrected chi connectivity index (χ4v) is 2.88. The van der Waals surface area contributed by atoms with Gasteiger partial charge in [0, 0.05) is 0 Å². The average molecular weight is 298 g/mol. The van der Waals surface area contributed by atoms with Crippen LogP contribution in [0.2, 0.25) is 0 Å². The van der Waals surface area contributed by atoms with Gasteiger partial charge in [0.05, 0.1) is 24.4 Å². The topological polar surface area (TPSA) is 81.1 Å². The van der Waals surface area contributed by atoms with Gasteiger partial charge in [0.1, 0.15) is 31.8 Å². The molecule has 2 aliphatic rings. The molecule has 0 aromatic rings. The Kier molecular flexibility index (Phi) is 5.19. The van der Waals surface area contributed by atoms with Crippen molar-refractivity contribution in [2.24, 2.45) is 0 Å². The molecule has 1 fully saturated rings. The standard InChI is InChI=1S/C14H23N3O4/c1-4-20-13(18)11-5-15-14(19)16-12(11)8-17-6-9(2)21-10(3)7-17/h9-10H,4-8H2,1-3H3,(H2,15,16,19)/p+1/t9-,10-/m1/s1. The number of amides is 2. The minimum Gasteiger partial charge on any atom is -0.463 e. The molecule has 7 heteroatoms. The molecule has 0 radical (unpaired) electrons. The van der Waals surface area contributed by atoms with Gasteiger partial charge >= 0.3 is 12.0 Å². The van der Waals surface area contributed by atoms with Crippen LogP contribution in [-0.2, 0) is 14.3 Å². The lowest BCUT2D eigenvalue weighted by atomic mass is 10.1. The van der Waals surface area contributed by atoms with Crippen molar-refractivity contribution in [3.05, 3.63) is 11.3 Å². The highest BCUT2D eigenvalue weighted by molar-refractivity contribution is 5.93. The molecule has 0 aromatic carbocycles. The SMILES string of the molecule is CCOC(=O)C1=C(C[NH+]2C[C@@H](C)O[C@H](C)C2)NC(=O)NC1. The van der Waals surface area contributed by atoms with Gasteiger partial charge in [-0.25, -0.2) is 9.59 Å². The quantitative estimate of drug-likeness (QED) is 0.570. The van der Waals surface area contributed by atoms with Gasteiger partial charge in [0.2, 0.25) is 0 Å². The monoisotopic (exact) mass is 298 g/mol. The van der Waals surface area contributed by atoms with Crippen LogP contribution in [0.15, 0.2) is 11.3 Å². The molecule has 3 N–H and O–H groups in total. The molecule has 2 atom stereocenters. The van der Waals surface area contributed by atoms with E-state index in [1.165, 1.54) is 4.90 Å². The predicted octanol–water partition coefficient (Wildman–Crippen LogP) is -1.19. The van der Waals surface area contributed by atoms with Crippen LogP contribution in [0.25, 0.3) is 0 Å². The van der Waals surface area contributed by atoms with Crippen LogP contribution in [-0.4, -0.2) is 57.0 Å². The van der Waals surface area contributed by atoms with Gasteiger partial charge < -0.3 is 25.0 Å². The first-order valence-corrected chi connectivity index (χ1v) is 7.42. The van der Waals surface area contributed by atoms with Crippen molar-refractivity contribution in [1.82, 2.24) is 10.6 Å². The minimum atomic E-state index is -0.367. The van der Waals surface area contributed by atoms with Crippen LogP contribution in [0, 0.1) is 0 Å². The molecule has 7 nitrogen and oxygen atoms in total. The second kappa shape index (κ2) is 6.91. The van der Waals surface area contributed by atoms with Gasteiger partial charge in [-0.05, 0) is 20.8 Å². The zero-order chi connectivity index (χ0) is 15.4. The van der Waals surface area contributed by atoms with E-state index < -0.39 is 0 Å². The Morgan fingerprint density at radius 1 is 1.38 bits per heavy atom. The summed E-state index contributed by atoms with van der Waals surface area (Å²) in [5.41, 5.74) is 1.17. The van der Waals surface area contributed by atoms with E-state index in [4.69, 9.17) is 9.47 Å². The molecule has 0 aromatic heterocycles. The largest absolute Gasteiger partial charge is 0.463 e. The molecular formula is C14H24N3O4+. The van der Waals surface area contributed by atoms with Crippen molar-refractivity contribution in [3.63, 3.8) is 0 Å². The highest BCUT2D eigenvalue weighted by atomic mass is 16.5. The Bertz CT molecular complexity index is 440. The molecule has 0 spiro atoms. The Labute approximate surface area is 124 Å². The molecule has 0 bridgehead atoms. The van der Waals surface area contributed by atoms with E-state index in [1.807, 2.05) is 13.8 Å². The van der Waals surface area contributed by atoms with Gasteiger partial charge in [-0.3, -0.25) is 0 Å². The molecule has 2 amide bonds. The van der Waals surface area contributed by atoms with E-state index in [-0.39, 0.29) is 30.8 Å². The van der Waals surface area contributed by atoms with Crippen LogP contribution < -0.4 is 15.5 Å². The zero-order valence-corrected chi connectivity index (χ0v) is 12.8. The third kappa shape index (κ3) is 4.18. The lowest BCUT2D eigenvalue weighted by Crippen LogP contribution is -3.15. The van der Waals surface area contributed by atoms with Crippen molar-refractivity contribution >= 4 is 12.0 Å². The third-order valence-corrected chi connectivity index (χ3v) is 3.62. The van der Waals surface area contributed by atoms with Crippen LogP contribution in [0.4, 0.5) is 4.79 Å². The first-order valence-electron chi connectivity index (χ1n) is 7.42. The van der Waals surface area contributed by atoms with Crippen molar-refractivity contribution < 1.29 is 24.0 Å². The van der Waals surface area contributed by atoms with E-state index >= 15 is 0 Å². The van der Waals surface area contributed by atoms with E-state index in [0.717, 1.165) is 13.1 Å². The van der Waals surface area contributed by atoms with Gasteiger partial charge in [0.25, 0.3) is 0 Å². The number of morpholine rings is 1. The summed E-state index contributed by atoms with van der Waals surface area (Å²) < 4.78 is 10.8. The van der Waals surface area contributed by atoms with E-state index in [1.54, 1.807) is 6.92 Å². The van der Waals surface area contributed by atoms with Gasteiger partial charge in [-0.15, -0.1) is 0 Å². The number of quaternary nitrogens is 1. The van der Waals surface area contributed by atoms with Gasteiger partial charge in [-0.1, -0.05) is 0 Å². The molecule has 118 valence electrons. The third-order valence-electron chi connectivity index (χ3n) is 3.62. The normalized spacial score (nSPS) is 29.7. The maximum Gasteiger partial charge on any atom is 0.337 e. The van der Waals surface area contributed by atoms with E-state index in [2.05, 4.69) is 10.6 Å². The zero-order valence-electron chi connectivity index (χ0n) is 12.8. The fourth-order valence-electron chi connectivity index (χ4n) is 2.88. The lowest BCUT2D eigenvalue weighted by molar-refractivity contribution is -0.910. The Hall–Kier alpha value is -1.60. The smallest absolute Gasteiger partial charge is 0.337 e. The first-order chi connectivity index (χ1) is 9.99. The molecule has 2 heterocycles. The van der Waals surface area contributed by atoms with E-state index in [9.17, 15) is 9.59 Å². The summed E-state index contributed by atoms with van der Waals surface area (Å²) in [6, 6.07) is -0.271. The first kappa shape index (κ1) is 15.8. The van der Waals surface area contributed by atoms with Crippen molar-refractivity contribution in [1.29, 1.82) is 0 Å². The maximum atomic E-state index is 12.0. The van der Waals surface area contributed by atoms with Crippen molar-refractivity contribution in [2.75, 3.05) is 32.8 Å². The number of hydrogen-bond donors (Lipinski definition) is 3. The average Bonchev–Trinajstić information content (AvgIpc) is 2.37. The summed E-state index contributed by atoms with van der Waals surface area (Å²) in [7, 11) is 0. The van der Waals surface area contributed by atoms with E-state index in [0.29, 0.717) is 24.4 Å². The Morgan fingerprint density at radius 3 is 2.67 bits per heavy atom. The van der Waals surface area contributed by atoms with Crippen LogP contribution in [0.5, 0.6) is 0 Å². The highest BCUT2D eigenvalue weighted by Crippen LogP contribution is 2.07. The van der Waals surface area contributed by atoms with Crippen LogP contribution in [0.1, 0.15) is 20.8 Å². The van der Waals surface area contributed by atoms with Gasteiger partial charge in [-0.2, -0.15) is 0 Å². The molecule has 1 saturated heterocycles. The number of carbonyl (C=O) groups is 2. The second-order valence-electron chi connectivity index (χ2n) is 5.58. The molecule has 21 heavy (non-hydrogen) atoms. The molecule has 0 aliphatic carbocycles. The number of rotatable bonds is 4. The number of hydrogen-bond acceptors (Lipinski definition) is 4. The van der Waals surface area contributed by atoms with Crippen LogP contribution in [0.3, 0.4) is 0 Å². The number of urea groups is 1. The number of esters is 1. The molecule has 2 aliphatic heterocycles. The molecule has 0 saturated carbocycles. The van der Waals surface area contributed by atoms with Gasteiger partial charge in [0.15, 0.2) is 0 Å². The summed E-state index contributed by atoms with van der Waals surface area (Å²) in [6.45, 7) is 8.69. The second-order valence-corrected chi connectivity index (χ2v) is 5.58. The summed E-state index contributed by atoms with van der Waals surface area (Å²) in [5.74, 6) is -0.367. The summed E-state index contributed by atoms with van der Waals surface area (Å²) in [4.78, 5) is 24.8. The lowest BCUT2D eigenvalue weighted by Gasteiger charge is -2.33.